The monoisotopic (exact) mass is 404 g/mol. The Kier molecular flexibility index (Phi) is 5.93. The summed E-state index contributed by atoms with van der Waals surface area (Å²) in [5.74, 6) is -0.0784. The van der Waals surface area contributed by atoms with Crippen LogP contribution < -0.4 is 9.62 Å². The Bertz CT molecular complexity index is 957. The molecule has 0 saturated carbocycles. The van der Waals surface area contributed by atoms with Crippen LogP contribution in [0, 0.1) is 6.92 Å². The number of hydrogen-bond acceptors (Lipinski definition) is 4. The molecule has 1 amide bonds. The Labute approximate surface area is 165 Å². The van der Waals surface area contributed by atoms with Crippen molar-refractivity contribution in [2.24, 2.45) is 0 Å². The predicted molar refractivity (Wildman–Crippen MR) is 110 cm³/mol. The van der Waals surface area contributed by atoms with Crippen LogP contribution >= 0.6 is 11.8 Å². The Morgan fingerprint density at radius 3 is 2.74 bits per heavy atom. The standard InChI is InChI=1S/C20H24N2O3S2/c1-14-5-4-6-17(11-14)9-10-21-27(24,25)18-7-8-20-19(12-18)22(16(3)23)13-15(2)26-20/h4-8,11-12,15,21H,9-10,13H2,1-3H3/t15-/m0/s1. The van der Waals surface area contributed by atoms with E-state index in [-0.39, 0.29) is 16.1 Å². The maximum atomic E-state index is 12.7. The van der Waals surface area contributed by atoms with E-state index in [1.165, 1.54) is 6.92 Å². The van der Waals surface area contributed by atoms with Gasteiger partial charge in [-0.2, -0.15) is 0 Å². The molecule has 1 aliphatic rings. The third kappa shape index (κ3) is 4.72. The molecule has 0 aromatic heterocycles. The van der Waals surface area contributed by atoms with Crippen molar-refractivity contribution in [3.8, 4) is 0 Å². The molecule has 2 aromatic carbocycles. The first-order chi connectivity index (χ1) is 12.8. The summed E-state index contributed by atoms with van der Waals surface area (Å²) in [7, 11) is -3.63. The number of carbonyl (C=O) groups excluding carboxylic acids is 1. The number of thioether (sulfide) groups is 1. The van der Waals surface area contributed by atoms with Crippen LogP contribution in [0.2, 0.25) is 0 Å². The largest absolute Gasteiger partial charge is 0.310 e. The highest BCUT2D eigenvalue weighted by molar-refractivity contribution is 8.00. The van der Waals surface area contributed by atoms with Crippen LogP contribution in [0.4, 0.5) is 5.69 Å². The lowest BCUT2D eigenvalue weighted by Gasteiger charge is -2.32. The number of anilines is 1. The smallest absolute Gasteiger partial charge is 0.240 e. The van der Waals surface area contributed by atoms with E-state index in [4.69, 9.17) is 0 Å². The molecule has 1 N–H and O–H groups in total. The number of hydrogen-bond donors (Lipinski definition) is 1. The van der Waals surface area contributed by atoms with Gasteiger partial charge in [0.2, 0.25) is 15.9 Å². The van der Waals surface area contributed by atoms with Gasteiger partial charge in [-0.1, -0.05) is 36.8 Å². The molecule has 5 nitrogen and oxygen atoms in total. The second kappa shape index (κ2) is 8.04. The van der Waals surface area contributed by atoms with Crippen LogP contribution in [0.3, 0.4) is 0 Å². The third-order valence-electron chi connectivity index (χ3n) is 4.47. The van der Waals surface area contributed by atoms with E-state index in [1.54, 1.807) is 34.9 Å². The van der Waals surface area contributed by atoms with Crippen LogP contribution in [0.5, 0.6) is 0 Å². The van der Waals surface area contributed by atoms with Crippen LogP contribution in [0.1, 0.15) is 25.0 Å². The lowest BCUT2D eigenvalue weighted by atomic mass is 10.1. The number of benzene rings is 2. The first-order valence-electron chi connectivity index (χ1n) is 8.90. The maximum absolute atomic E-state index is 12.7. The quantitative estimate of drug-likeness (QED) is 0.830. The average Bonchev–Trinajstić information content (AvgIpc) is 2.60. The number of rotatable bonds is 5. The zero-order valence-corrected chi connectivity index (χ0v) is 17.4. The fraction of sp³-hybridized carbons (Fsp3) is 0.350. The molecular weight excluding hydrogens is 380 g/mol. The van der Waals surface area contributed by atoms with Crippen molar-refractivity contribution < 1.29 is 13.2 Å². The minimum Gasteiger partial charge on any atom is -0.310 e. The molecule has 0 fully saturated rings. The SMILES string of the molecule is CC(=O)N1C[C@H](C)Sc2ccc(S(=O)(=O)NCCc3cccc(C)c3)cc21. The minimum absolute atomic E-state index is 0.0784. The molecule has 0 spiro atoms. The molecule has 0 saturated heterocycles. The summed E-state index contributed by atoms with van der Waals surface area (Å²) in [4.78, 5) is 14.8. The van der Waals surface area contributed by atoms with Gasteiger partial charge in [-0.25, -0.2) is 13.1 Å². The van der Waals surface area contributed by atoms with Crippen molar-refractivity contribution in [2.45, 2.75) is 42.2 Å². The fourth-order valence-corrected chi connectivity index (χ4v) is 5.31. The molecule has 2 aromatic rings. The molecule has 27 heavy (non-hydrogen) atoms. The topological polar surface area (TPSA) is 66.5 Å². The lowest BCUT2D eigenvalue weighted by Crippen LogP contribution is -2.37. The molecule has 0 radical (unpaired) electrons. The number of nitrogens with zero attached hydrogens (tertiary/aromatic N) is 1. The molecule has 7 heteroatoms. The summed E-state index contributed by atoms with van der Waals surface area (Å²) < 4.78 is 28.1. The first kappa shape index (κ1) is 19.9. The van der Waals surface area contributed by atoms with Gasteiger partial charge < -0.3 is 4.90 Å². The zero-order valence-electron chi connectivity index (χ0n) is 15.7. The van der Waals surface area contributed by atoms with Crippen molar-refractivity contribution >= 4 is 33.4 Å². The second-order valence-corrected chi connectivity index (χ2v) is 10.1. The maximum Gasteiger partial charge on any atom is 0.240 e. The van der Waals surface area contributed by atoms with Gasteiger partial charge in [-0.05, 0) is 37.1 Å². The van der Waals surface area contributed by atoms with E-state index in [9.17, 15) is 13.2 Å². The summed E-state index contributed by atoms with van der Waals surface area (Å²) in [6.07, 6.45) is 0.624. The van der Waals surface area contributed by atoms with Crippen LogP contribution in [0.25, 0.3) is 0 Å². The number of sulfonamides is 1. The highest BCUT2D eigenvalue weighted by Gasteiger charge is 2.27. The minimum atomic E-state index is -3.63. The number of nitrogens with one attached hydrogen (secondary N) is 1. The molecule has 3 rings (SSSR count). The van der Waals surface area contributed by atoms with Crippen LogP contribution in [-0.2, 0) is 21.2 Å². The van der Waals surface area contributed by atoms with Crippen LogP contribution in [-0.4, -0.2) is 32.7 Å². The molecule has 1 atom stereocenters. The van der Waals surface area contributed by atoms with E-state index < -0.39 is 10.0 Å². The Morgan fingerprint density at radius 2 is 2.04 bits per heavy atom. The summed E-state index contributed by atoms with van der Waals surface area (Å²) >= 11 is 1.66. The van der Waals surface area contributed by atoms with Gasteiger partial charge in [0.25, 0.3) is 0 Å². The summed E-state index contributed by atoms with van der Waals surface area (Å²) in [6.45, 7) is 6.48. The molecule has 1 heterocycles. The molecule has 1 aliphatic heterocycles. The van der Waals surface area contributed by atoms with Crippen molar-refractivity contribution in [1.82, 2.24) is 4.72 Å². The number of aryl methyl sites for hydroxylation is 1. The molecular formula is C20H24N2O3S2. The predicted octanol–water partition coefficient (Wildman–Crippen LogP) is 3.36. The van der Waals surface area contributed by atoms with Crippen molar-refractivity contribution in [2.75, 3.05) is 18.0 Å². The highest BCUT2D eigenvalue weighted by atomic mass is 32.2. The Balaban J connectivity index is 1.77. The first-order valence-corrected chi connectivity index (χ1v) is 11.3. The molecule has 0 aliphatic carbocycles. The van der Waals surface area contributed by atoms with Gasteiger partial charge in [0.1, 0.15) is 0 Å². The van der Waals surface area contributed by atoms with Gasteiger partial charge in [0, 0.05) is 30.2 Å². The Morgan fingerprint density at radius 1 is 1.26 bits per heavy atom. The number of fused-ring (bicyclic) bond motifs is 1. The highest BCUT2D eigenvalue weighted by Crippen LogP contribution is 2.39. The van der Waals surface area contributed by atoms with E-state index in [2.05, 4.69) is 17.7 Å². The average molecular weight is 405 g/mol. The van der Waals surface area contributed by atoms with Gasteiger partial charge in [0.05, 0.1) is 10.6 Å². The van der Waals surface area contributed by atoms with Gasteiger partial charge in [0.15, 0.2) is 0 Å². The van der Waals surface area contributed by atoms with Gasteiger partial charge in [-0.15, -0.1) is 11.8 Å². The van der Waals surface area contributed by atoms with Crippen LogP contribution in [0.15, 0.2) is 52.3 Å². The number of carbonyl (C=O) groups is 1. The summed E-state index contributed by atoms with van der Waals surface area (Å²) in [6, 6.07) is 13.0. The zero-order chi connectivity index (χ0) is 19.6. The fourth-order valence-electron chi connectivity index (χ4n) is 3.16. The van der Waals surface area contributed by atoms with Gasteiger partial charge in [-0.3, -0.25) is 4.79 Å². The second-order valence-electron chi connectivity index (χ2n) is 6.82. The van der Waals surface area contributed by atoms with E-state index >= 15 is 0 Å². The van der Waals surface area contributed by atoms with Crippen molar-refractivity contribution in [3.63, 3.8) is 0 Å². The van der Waals surface area contributed by atoms with Gasteiger partial charge >= 0.3 is 0 Å². The van der Waals surface area contributed by atoms with E-state index in [1.807, 2.05) is 25.1 Å². The van der Waals surface area contributed by atoms with E-state index in [0.717, 1.165) is 16.0 Å². The third-order valence-corrected chi connectivity index (χ3v) is 7.08. The summed E-state index contributed by atoms with van der Waals surface area (Å²) in [5, 5.41) is 0.274. The molecule has 0 bridgehead atoms. The number of amides is 1. The molecule has 0 unspecified atom stereocenters. The lowest BCUT2D eigenvalue weighted by molar-refractivity contribution is -0.116. The normalized spacial score (nSPS) is 16.9. The van der Waals surface area contributed by atoms with E-state index in [0.29, 0.717) is 25.2 Å². The van der Waals surface area contributed by atoms with Crippen molar-refractivity contribution in [3.05, 3.63) is 53.6 Å². The molecule has 144 valence electrons. The van der Waals surface area contributed by atoms with Crippen molar-refractivity contribution in [1.29, 1.82) is 0 Å². The Hall–Kier alpha value is -1.83. The summed E-state index contributed by atoms with van der Waals surface area (Å²) in [5.41, 5.74) is 2.92.